The Labute approximate surface area is 157 Å². The van der Waals surface area contributed by atoms with Gasteiger partial charge in [0.05, 0.1) is 11.3 Å². The van der Waals surface area contributed by atoms with Crippen molar-refractivity contribution in [2.75, 3.05) is 18.4 Å². The number of fused-ring (bicyclic) bond motifs is 1. The summed E-state index contributed by atoms with van der Waals surface area (Å²) in [5, 5.41) is 7.82. The molecular formula is C18H25N5O2S. The van der Waals surface area contributed by atoms with Crippen LogP contribution in [0.4, 0.5) is 5.00 Å². The second kappa shape index (κ2) is 7.20. The number of nitrogens with one attached hydrogen (secondary N) is 1. The van der Waals surface area contributed by atoms with Gasteiger partial charge in [0.15, 0.2) is 0 Å². The summed E-state index contributed by atoms with van der Waals surface area (Å²) in [7, 11) is 0. The number of nitrogens with two attached hydrogens (primary N) is 1. The summed E-state index contributed by atoms with van der Waals surface area (Å²) in [6, 6.07) is 1.82. The SMILES string of the molecule is CCN1CCc2c(sc(NC(=O)c3cc(C)nn3C(C)C)c2C(N)=O)C1. The summed E-state index contributed by atoms with van der Waals surface area (Å²) in [5.74, 6) is -0.760. The molecule has 3 heterocycles. The summed E-state index contributed by atoms with van der Waals surface area (Å²) in [6.45, 7) is 10.6. The average molecular weight is 375 g/mol. The van der Waals surface area contributed by atoms with Crippen LogP contribution in [-0.4, -0.2) is 39.6 Å². The largest absolute Gasteiger partial charge is 0.365 e. The summed E-state index contributed by atoms with van der Waals surface area (Å²) in [5.41, 5.74) is 8.34. The molecule has 3 rings (SSSR count). The number of hydrogen-bond donors (Lipinski definition) is 2. The number of hydrogen-bond acceptors (Lipinski definition) is 5. The summed E-state index contributed by atoms with van der Waals surface area (Å²) >= 11 is 1.45. The molecule has 2 amide bonds. The Balaban J connectivity index is 1.94. The van der Waals surface area contributed by atoms with E-state index in [0.29, 0.717) is 16.3 Å². The molecule has 26 heavy (non-hydrogen) atoms. The zero-order chi connectivity index (χ0) is 19.0. The molecule has 0 unspecified atom stereocenters. The van der Waals surface area contributed by atoms with Gasteiger partial charge in [-0.25, -0.2) is 0 Å². The van der Waals surface area contributed by atoms with Crippen molar-refractivity contribution in [2.45, 2.75) is 46.7 Å². The van der Waals surface area contributed by atoms with Gasteiger partial charge < -0.3 is 11.1 Å². The Kier molecular flexibility index (Phi) is 5.15. The Morgan fingerprint density at radius 3 is 2.77 bits per heavy atom. The molecule has 0 fully saturated rings. The zero-order valence-corrected chi connectivity index (χ0v) is 16.4. The fourth-order valence-corrected chi connectivity index (χ4v) is 4.61. The van der Waals surface area contributed by atoms with Gasteiger partial charge in [-0.2, -0.15) is 5.10 Å². The minimum absolute atomic E-state index is 0.0646. The van der Waals surface area contributed by atoms with Gasteiger partial charge >= 0.3 is 0 Å². The monoisotopic (exact) mass is 375 g/mol. The molecule has 2 aromatic heterocycles. The number of aromatic nitrogens is 2. The minimum atomic E-state index is -0.490. The normalized spacial score (nSPS) is 14.5. The van der Waals surface area contributed by atoms with E-state index in [1.165, 1.54) is 11.3 Å². The second-order valence-corrected chi connectivity index (χ2v) is 7.96. The Morgan fingerprint density at radius 2 is 2.15 bits per heavy atom. The molecule has 8 heteroatoms. The van der Waals surface area contributed by atoms with E-state index in [4.69, 9.17) is 5.73 Å². The van der Waals surface area contributed by atoms with Crippen LogP contribution in [0.5, 0.6) is 0 Å². The van der Waals surface area contributed by atoms with Crippen LogP contribution in [0.2, 0.25) is 0 Å². The van der Waals surface area contributed by atoms with Crippen LogP contribution in [0, 0.1) is 6.92 Å². The highest BCUT2D eigenvalue weighted by molar-refractivity contribution is 7.17. The van der Waals surface area contributed by atoms with Gasteiger partial charge in [-0.05, 0) is 45.4 Å². The van der Waals surface area contributed by atoms with Crippen molar-refractivity contribution in [3.05, 3.63) is 33.5 Å². The van der Waals surface area contributed by atoms with Crippen LogP contribution in [0.3, 0.4) is 0 Å². The highest BCUT2D eigenvalue weighted by Crippen LogP contribution is 2.37. The molecule has 0 saturated carbocycles. The van der Waals surface area contributed by atoms with Gasteiger partial charge in [0.2, 0.25) is 0 Å². The maximum absolute atomic E-state index is 12.8. The minimum Gasteiger partial charge on any atom is -0.365 e. The van der Waals surface area contributed by atoms with Crippen LogP contribution in [0.1, 0.15) is 63.8 Å². The van der Waals surface area contributed by atoms with E-state index in [9.17, 15) is 9.59 Å². The fourth-order valence-electron chi connectivity index (χ4n) is 3.32. The van der Waals surface area contributed by atoms with E-state index in [0.717, 1.165) is 42.2 Å². The molecule has 0 aromatic carbocycles. The van der Waals surface area contributed by atoms with Crippen LogP contribution in [0.25, 0.3) is 0 Å². The quantitative estimate of drug-likeness (QED) is 0.840. The van der Waals surface area contributed by atoms with Gasteiger partial charge in [-0.15, -0.1) is 11.3 Å². The average Bonchev–Trinajstić information content (AvgIpc) is 3.14. The predicted molar refractivity (Wildman–Crippen MR) is 103 cm³/mol. The highest BCUT2D eigenvalue weighted by atomic mass is 32.1. The van der Waals surface area contributed by atoms with E-state index in [1.54, 1.807) is 10.7 Å². The van der Waals surface area contributed by atoms with Gasteiger partial charge in [-0.3, -0.25) is 19.2 Å². The van der Waals surface area contributed by atoms with E-state index in [1.807, 2.05) is 20.8 Å². The molecule has 3 N–H and O–H groups in total. The van der Waals surface area contributed by atoms with Gasteiger partial charge in [0, 0.05) is 24.0 Å². The van der Waals surface area contributed by atoms with Crippen LogP contribution >= 0.6 is 11.3 Å². The first-order valence-electron chi connectivity index (χ1n) is 8.86. The first-order chi connectivity index (χ1) is 12.3. The number of anilines is 1. The van der Waals surface area contributed by atoms with Gasteiger partial charge in [0.1, 0.15) is 10.7 Å². The first kappa shape index (κ1) is 18.6. The van der Waals surface area contributed by atoms with E-state index < -0.39 is 5.91 Å². The zero-order valence-electron chi connectivity index (χ0n) is 15.6. The molecule has 0 aliphatic carbocycles. The molecule has 1 aliphatic heterocycles. The lowest BCUT2D eigenvalue weighted by Gasteiger charge is -2.25. The van der Waals surface area contributed by atoms with Crippen molar-refractivity contribution in [3.8, 4) is 0 Å². The van der Waals surface area contributed by atoms with Crippen LogP contribution in [-0.2, 0) is 13.0 Å². The summed E-state index contributed by atoms with van der Waals surface area (Å²) in [4.78, 5) is 28.3. The van der Waals surface area contributed by atoms with E-state index in [-0.39, 0.29) is 11.9 Å². The fraction of sp³-hybridized carbons (Fsp3) is 0.500. The molecule has 0 bridgehead atoms. The molecule has 2 aromatic rings. The number of carbonyl (C=O) groups is 2. The maximum atomic E-state index is 12.8. The topological polar surface area (TPSA) is 93.2 Å². The third kappa shape index (κ3) is 3.39. The maximum Gasteiger partial charge on any atom is 0.274 e. The highest BCUT2D eigenvalue weighted by Gasteiger charge is 2.28. The Bertz CT molecular complexity index is 852. The molecular weight excluding hydrogens is 350 g/mol. The molecule has 0 spiro atoms. The van der Waals surface area contributed by atoms with Gasteiger partial charge in [-0.1, -0.05) is 6.92 Å². The van der Waals surface area contributed by atoms with Crippen molar-refractivity contribution in [3.63, 3.8) is 0 Å². The Morgan fingerprint density at radius 1 is 1.42 bits per heavy atom. The number of rotatable bonds is 5. The van der Waals surface area contributed by atoms with Crippen molar-refractivity contribution in [2.24, 2.45) is 5.73 Å². The lowest BCUT2D eigenvalue weighted by Crippen LogP contribution is -2.30. The first-order valence-corrected chi connectivity index (χ1v) is 9.67. The molecule has 1 aliphatic rings. The molecule has 7 nitrogen and oxygen atoms in total. The van der Waals surface area contributed by atoms with Crippen molar-refractivity contribution < 1.29 is 9.59 Å². The molecule has 0 radical (unpaired) electrons. The van der Waals surface area contributed by atoms with Crippen LogP contribution in [0.15, 0.2) is 6.07 Å². The predicted octanol–water partition coefficient (Wildman–Crippen LogP) is 2.56. The standard InChI is InChI=1S/C18H25N5O2S/c1-5-22-7-6-12-14(9-22)26-18(15(12)16(19)24)20-17(25)13-8-11(4)21-23(13)10(2)3/h8,10H,5-7,9H2,1-4H3,(H2,19,24)(H,20,25). The van der Waals surface area contributed by atoms with Crippen molar-refractivity contribution >= 4 is 28.2 Å². The lowest BCUT2D eigenvalue weighted by molar-refractivity contribution is 0.1000. The van der Waals surface area contributed by atoms with Crippen molar-refractivity contribution in [1.82, 2.24) is 14.7 Å². The molecule has 0 saturated heterocycles. The number of aryl methyl sites for hydroxylation is 1. The van der Waals surface area contributed by atoms with E-state index >= 15 is 0 Å². The second-order valence-electron chi connectivity index (χ2n) is 6.85. The lowest BCUT2D eigenvalue weighted by atomic mass is 10.0. The van der Waals surface area contributed by atoms with Crippen LogP contribution < -0.4 is 11.1 Å². The summed E-state index contributed by atoms with van der Waals surface area (Å²) in [6.07, 6.45) is 0.775. The number of amides is 2. The smallest absolute Gasteiger partial charge is 0.274 e. The third-order valence-corrected chi connectivity index (χ3v) is 5.77. The molecule has 140 valence electrons. The number of likely N-dealkylation sites (N-methyl/N-ethyl adjacent to an activating group) is 1. The van der Waals surface area contributed by atoms with Gasteiger partial charge in [0.25, 0.3) is 11.8 Å². The number of primary amides is 1. The number of thiophene rings is 1. The summed E-state index contributed by atoms with van der Waals surface area (Å²) < 4.78 is 1.70. The number of carbonyl (C=O) groups excluding carboxylic acids is 2. The Hall–Kier alpha value is -2.19. The third-order valence-electron chi connectivity index (χ3n) is 4.64. The van der Waals surface area contributed by atoms with E-state index in [2.05, 4.69) is 22.2 Å². The van der Waals surface area contributed by atoms with Crippen molar-refractivity contribution in [1.29, 1.82) is 0 Å². The number of nitrogens with zero attached hydrogens (tertiary/aromatic N) is 3. The molecule has 0 atom stereocenters.